The topological polar surface area (TPSA) is 145 Å². The van der Waals surface area contributed by atoms with Gasteiger partial charge in [-0.1, -0.05) is 5.16 Å². The first-order valence-electron chi connectivity index (χ1n) is 8.98. The summed E-state index contributed by atoms with van der Waals surface area (Å²) in [4.78, 5) is 0. The molecule has 1 aliphatic heterocycles. The van der Waals surface area contributed by atoms with Crippen LogP contribution in [0.1, 0.15) is 19.5 Å². The van der Waals surface area contributed by atoms with Gasteiger partial charge in [0.15, 0.2) is 5.69 Å². The molecule has 1 fully saturated rings. The number of hydrogen-bond donors (Lipinski definition) is 4. The molecule has 0 bridgehead atoms. The van der Waals surface area contributed by atoms with Crippen molar-refractivity contribution >= 4 is 43.5 Å². The van der Waals surface area contributed by atoms with E-state index in [4.69, 9.17) is 4.63 Å². The minimum Gasteiger partial charge on any atom is -0.409 e. The van der Waals surface area contributed by atoms with Gasteiger partial charge in [0.1, 0.15) is 5.82 Å². The van der Waals surface area contributed by atoms with Crippen LogP contribution in [0.4, 0.5) is 15.9 Å². The van der Waals surface area contributed by atoms with Gasteiger partial charge in [0.2, 0.25) is 11.7 Å². The van der Waals surface area contributed by atoms with Gasteiger partial charge < -0.3 is 15.8 Å². The van der Waals surface area contributed by atoms with E-state index < -0.39 is 16.0 Å². The molecule has 2 heterocycles. The van der Waals surface area contributed by atoms with Gasteiger partial charge in [0.05, 0.1) is 4.47 Å². The first-order valence-corrected chi connectivity index (χ1v) is 11.2. The van der Waals surface area contributed by atoms with Gasteiger partial charge in [-0.25, -0.2) is 9.02 Å². The van der Waals surface area contributed by atoms with Crippen molar-refractivity contribution in [3.8, 4) is 0 Å². The number of halogens is 2. The predicted molar refractivity (Wildman–Crippen MR) is 111 cm³/mol. The monoisotopic (exact) mass is 505 g/mol. The summed E-state index contributed by atoms with van der Waals surface area (Å²) in [5.74, 6) is -0.211. The molecule has 1 aliphatic rings. The van der Waals surface area contributed by atoms with E-state index in [9.17, 15) is 18.0 Å². The summed E-state index contributed by atoms with van der Waals surface area (Å²) in [6, 6.07) is 3.99. The van der Waals surface area contributed by atoms with Crippen molar-refractivity contribution in [2.75, 3.05) is 30.3 Å². The van der Waals surface area contributed by atoms with Crippen molar-refractivity contribution in [3.63, 3.8) is 0 Å². The fourth-order valence-electron chi connectivity index (χ4n) is 2.76. The molecule has 1 aromatic heterocycles. The fraction of sp³-hybridized carbons (Fsp3) is 0.438. The first kappa shape index (κ1) is 22.4. The van der Waals surface area contributed by atoms with Crippen LogP contribution in [0.15, 0.2) is 32.5 Å². The third-order valence-electron chi connectivity index (χ3n) is 4.20. The van der Waals surface area contributed by atoms with Gasteiger partial charge in [-0.05, 0) is 58.3 Å². The van der Waals surface area contributed by atoms with E-state index >= 15 is 0 Å². The van der Waals surface area contributed by atoms with Crippen LogP contribution in [0, 0.1) is 11.7 Å². The Bertz CT molecular complexity index is 1020. The molecular weight excluding hydrogens is 485 g/mol. The van der Waals surface area contributed by atoms with E-state index in [1.165, 1.54) is 22.5 Å². The van der Waals surface area contributed by atoms with E-state index in [1.807, 2.05) is 0 Å². The molecule has 0 unspecified atom stereocenters. The maximum atomic E-state index is 13.4. The highest BCUT2D eigenvalue weighted by Crippen LogP contribution is 2.23. The van der Waals surface area contributed by atoms with E-state index in [2.05, 4.69) is 46.8 Å². The second-order valence-electron chi connectivity index (χ2n) is 7.01. The normalized spacial score (nSPS) is 16.0. The number of aromatic nitrogens is 2. The smallest absolute Gasteiger partial charge is 0.279 e. The Morgan fingerprint density at radius 3 is 2.80 bits per heavy atom. The van der Waals surface area contributed by atoms with Crippen molar-refractivity contribution < 1.29 is 22.6 Å². The summed E-state index contributed by atoms with van der Waals surface area (Å²) in [5.41, 5.74) is 0.561. The number of hydrogen-bond acceptors (Lipinski definition) is 8. The summed E-state index contributed by atoms with van der Waals surface area (Å²) in [6.07, 6.45) is 0. The third kappa shape index (κ3) is 5.24. The Labute approximate surface area is 181 Å². The van der Waals surface area contributed by atoms with Crippen LogP contribution >= 0.6 is 15.9 Å². The van der Waals surface area contributed by atoms with E-state index in [1.54, 1.807) is 13.8 Å². The van der Waals surface area contributed by atoms with Crippen LogP contribution in [0.3, 0.4) is 0 Å². The van der Waals surface area contributed by atoms with E-state index in [0.29, 0.717) is 25.3 Å². The van der Waals surface area contributed by atoms with Gasteiger partial charge in [0.25, 0.3) is 10.2 Å². The molecular formula is C16H21BrFN7O4S. The van der Waals surface area contributed by atoms with Gasteiger partial charge in [0, 0.05) is 37.3 Å². The Morgan fingerprint density at radius 2 is 2.17 bits per heavy atom. The van der Waals surface area contributed by atoms with Gasteiger partial charge in [-0.3, -0.25) is 0 Å². The standard InChI is InChI=1S/C16H21BrFN7O4S/c1-9(2)24-30(27,28)25-7-10(8-25)6-19-15-14(22-29-23-15)16(21-26)20-11-3-4-13(18)12(17)5-11/h3-5,9-10,24,26H,6-8H2,1-2H3,(H,19,23)(H,20,21). The van der Waals surface area contributed by atoms with E-state index in [-0.39, 0.29) is 33.8 Å². The largest absolute Gasteiger partial charge is 0.409 e. The number of amidine groups is 1. The average Bonchev–Trinajstić information content (AvgIpc) is 3.08. The van der Waals surface area contributed by atoms with Gasteiger partial charge >= 0.3 is 0 Å². The number of oxime groups is 1. The molecule has 11 nitrogen and oxygen atoms in total. The van der Waals surface area contributed by atoms with E-state index in [0.717, 1.165) is 0 Å². The lowest BCUT2D eigenvalue weighted by atomic mass is 10.0. The molecule has 2 aromatic rings. The van der Waals surface area contributed by atoms with Crippen molar-refractivity contribution in [3.05, 3.63) is 34.2 Å². The number of nitrogens with zero attached hydrogens (tertiary/aromatic N) is 4. The molecule has 164 valence electrons. The van der Waals surface area contributed by atoms with Crippen LogP contribution < -0.4 is 15.4 Å². The number of anilines is 2. The second-order valence-corrected chi connectivity index (χ2v) is 9.56. The Hall–Kier alpha value is -2.29. The van der Waals surface area contributed by atoms with Gasteiger partial charge in [-0.15, -0.1) is 0 Å². The molecule has 0 amide bonds. The summed E-state index contributed by atoms with van der Waals surface area (Å²) >= 11 is 3.08. The fourth-order valence-corrected chi connectivity index (χ4v) is 4.70. The molecule has 30 heavy (non-hydrogen) atoms. The lowest BCUT2D eigenvalue weighted by Gasteiger charge is -2.38. The molecule has 4 N–H and O–H groups in total. The molecule has 0 spiro atoms. The zero-order valence-electron chi connectivity index (χ0n) is 16.1. The number of benzene rings is 1. The van der Waals surface area contributed by atoms with Crippen LogP contribution in [0.25, 0.3) is 0 Å². The first-order chi connectivity index (χ1) is 14.2. The minimum absolute atomic E-state index is 0.0591. The molecule has 1 aromatic carbocycles. The summed E-state index contributed by atoms with van der Waals surface area (Å²) in [5, 5.41) is 25.8. The Balaban J connectivity index is 1.58. The summed E-state index contributed by atoms with van der Waals surface area (Å²) < 4.78 is 46.4. The minimum atomic E-state index is -3.48. The molecule has 0 radical (unpaired) electrons. The molecule has 3 rings (SSSR count). The summed E-state index contributed by atoms with van der Waals surface area (Å²) in [7, 11) is -3.48. The second kappa shape index (κ2) is 9.24. The SMILES string of the molecule is CC(C)NS(=O)(=O)N1CC(CNc2nonc2/C(=N/O)Nc2ccc(F)c(Br)c2)C1. The number of nitrogens with one attached hydrogen (secondary N) is 3. The van der Waals surface area contributed by atoms with Crippen LogP contribution in [0.5, 0.6) is 0 Å². The molecule has 0 aliphatic carbocycles. The average molecular weight is 506 g/mol. The predicted octanol–water partition coefficient (Wildman–Crippen LogP) is 1.81. The van der Waals surface area contributed by atoms with Crippen molar-refractivity contribution in [2.45, 2.75) is 19.9 Å². The van der Waals surface area contributed by atoms with Crippen LogP contribution in [0.2, 0.25) is 0 Å². The summed E-state index contributed by atoms with van der Waals surface area (Å²) in [6.45, 7) is 4.65. The number of rotatable bonds is 8. The molecule has 14 heteroatoms. The maximum absolute atomic E-state index is 13.4. The van der Waals surface area contributed by atoms with Crippen LogP contribution in [-0.4, -0.2) is 59.8 Å². The highest BCUT2D eigenvalue weighted by atomic mass is 79.9. The molecule has 0 atom stereocenters. The molecule has 0 saturated carbocycles. The highest BCUT2D eigenvalue weighted by Gasteiger charge is 2.36. The van der Waals surface area contributed by atoms with Crippen molar-refractivity contribution in [1.82, 2.24) is 19.3 Å². The van der Waals surface area contributed by atoms with Crippen LogP contribution in [-0.2, 0) is 10.2 Å². The molecule has 1 saturated heterocycles. The van der Waals surface area contributed by atoms with Gasteiger partial charge in [-0.2, -0.15) is 17.4 Å². The Kier molecular flexibility index (Phi) is 6.90. The van der Waals surface area contributed by atoms with Crippen molar-refractivity contribution in [1.29, 1.82) is 0 Å². The Morgan fingerprint density at radius 1 is 1.43 bits per heavy atom. The lowest BCUT2D eigenvalue weighted by Crippen LogP contribution is -2.56. The van der Waals surface area contributed by atoms with Crippen molar-refractivity contribution in [2.24, 2.45) is 11.1 Å². The lowest BCUT2D eigenvalue weighted by molar-refractivity contribution is 0.208. The quantitative estimate of drug-likeness (QED) is 0.184. The third-order valence-corrected chi connectivity index (χ3v) is 6.56. The maximum Gasteiger partial charge on any atom is 0.279 e. The zero-order chi connectivity index (χ0) is 21.9. The highest BCUT2D eigenvalue weighted by molar-refractivity contribution is 9.10. The zero-order valence-corrected chi connectivity index (χ0v) is 18.5.